The number of fused-ring (bicyclic) bond motifs is 1. The topological polar surface area (TPSA) is 86.0 Å². The second kappa shape index (κ2) is 8.31. The minimum Gasteiger partial charge on any atom is -0.462 e. The Bertz CT molecular complexity index is 1090. The van der Waals surface area contributed by atoms with Crippen molar-refractivity contribution in [2.45, 2.75) is 40.2 Å². The van der Waals surface area contributed by atoms with E-state index in [4.69, 9.17) is 21.1 Å². The highest BCUT2D eigenvalue weighted by Crippen LogP contribution is 2.35. The molecule has 3 aromatic rings. The molecular weight excluding hydrogens is 408 g/mol. The van der Waals surface area contributed by atoms with Gasteiger partial charge in [0.05, 0.1) is 17.9 Å². The van der Waals surface area contributed by atoms with Crippen LogP contribution in [0.25, 0.3) is 5.65 Å². The van der Waals surface area contributed by atoms with Crippen LogP contribution in [0.4, 0.5) is 16.2 Å². The fourth-order valence-electron chi connectivity index (χ4n) is 2.84. The Morgan fingerprint density at radius 1 is 1.20 bits per heavy atom. The van der Waals surface area contributed by atoms with Gasteiger partial charge in [0, 0.05) is 18.0 Å². The summed E-state index contributed by atoms with van der Waals surface area (Å²) >= 11 is 6.32. The summed E-state index contributed by atoms with van der Waals surface area (Å²) in [7, 11) is 0. The van der Waals surface area contributed by atoms with Crippen molar-refractivity contribution in [2.24, 2.45) is 0 Å². The number of esters is 1. The Labute approximate surface area is 179 Å². The highest BCUT2D eigenvalue weighted by Gasteiger charge is 2.29. The predicted octanol–water partition coefficient (Wildman–Crippen LogP) is 4.94. The van der Waals surface area contributed by atoms with E-state index in [9.17, 15) is 9.59 Å². The average Bonchev–Trinajstić information content (AvgIpc) is 3.12. The largest absolute Gasteiger partial charge is 0.462 e. The third kappa shape index (κ3) is 4.38. The number of nitrogens with zero attached hydrogens (tertiary/aromatic N) is 4. The molecule has 0 radical (unpaired) electrons. The Kier molecular flexibility index (Phi) is 5.98. The third-order valence-electron chi connectivity index (χ3n) is 4.13. The molecule has 0 atom stereocenters. The van der Waals surface area contributed by atoms with Gasteiger partial charge in [0.1, 0.15) is 11.3 Å². The quantitative estimate of drug-likeness (QED) is 0.545. The number of benzene rings is 1. The lowest BCUT2D eigenvalue weighted by Gasteiger charge is -2.28. The first-order valence-corrected chi connectivity index (χ1v) is 9.80. The van der Waals surface area contributed by atoms with Crippen molar-refractivity contribution in [3.8, 4) is 0 Å². The molecule has 0 saturated heterocycles. The van der Waals surface area contributed by atoms with Gasteiger partial charge >= 0.3 is 12.1 Å². The Balaban J connectivity index is 2.16. The molecule has 0 aliphatic heterocycles. The molecule has 0 N–H and O–H groups in total. The van der Waals surface area contributed by atoms with Gasteiger partial charge in [-0.2, -0.15) is 5.10 Å². The number of amides is 1. The van der Waals surface area contributed by atoms with Crippen LogP contribution in [0.5, 0.6) is 0 Å². The van der Waals surface area contributed by atoms with Gasteiger partial charge in [-0.15, -0.1) is 0 Å². The van der Waals surface area contributed by atoms with Gasteiger partial charge < -0.3 is 9.47 Å². The molecule has 0 saturated carbocycles. The van der Waals surface area contributed by atoms with Gasteiger partial charge in [-0.3, -0.25) is 0 Å². The lowest BCUT2D eigenvalue weighted by molar-refractivity contribution is 0.0525. The minimum absolute atomic E-state index is 0.229. The number of halogens is 1. The van der Waals surface area contributed by atoms with E-state index in [0.29, 0.717) is 28.1 Å². The molecule has 1 aromatic carbocycles. The van der Waals surface area contributed by atoms with Crippen molar-refractivity contribution in [1.82, 2.24) is 14.6 Å². The normalized spacial score (nSPS) is 11.4. The molecule has 8 nitrogen and oxygen atoms in total. The smallest absolute Gasteiger partial charge is 0.419 e. The van der Waals surface area contributed by atoms with Crippen molar-refractivity contribution in [3.05, 3.63) is 52.9 Å². The molecule has 0 fully saturated rings. The van der Waals surface area contributed by atoms with Crippen molar-refractivity contribution < 1.29 is 19.1 Å². The molecule has 0 aliphatic carbocycles. The van der Waals surface area contributed by atoms with Crippen LogP contribution in [0, 0.1) is 6.92 Å². The summed E-state index contributed by atoms with van der Waals surface area (Å²) < 4.78 is 12.2. The first-order chi connectivity index (χ1) is 14.1. The molecular formula is C21H23ClN4O4. The number of ether oxygens (including phenoxy) is 2. The molecule has 3 rings (SSSR count). The van der Waals surface area contributed by atoms with Gasteiger partial charge in [-0.1, -0.05) is 11.6 Å². The number of aromatic nitrogens is 3. The first-order valence-electron chi connectivity index (χ1n) is 9.42. The highest BCUT2D eigenvalue weighted by atomic mass is 35.5. The van der Waals surface area contributed by atoms with Crippen molar-refractivity contribution in [1.29, 1.82) is 0 Å². The SMILES string of the molecule is CCOC(=O)c1ccc(N(C(=O)OC(C)(C)C)c2c(C)c(Cl)nn3ccnc23)cc1. The molecule has 0 spiro atoms. The van der Waals surface area contributed by atoms with Crippen LogP contribution in [0.2, 0.25) is 5.15 Å². The number of rotatable bonds is 4. The number of carbonyl (C=O) groups excluding carboxylic acids is 2. The lowest BCUT2D eigenvalue weighted by atomic mass is 10.1. The molecule has 0 aliphatic rings. The fraction of sp³-hybridized carbons (Fsp3) is 0.333. The zero-order valence-electron chi connectivity index (χ0n) is 17.5. The zero-order chi connectivity index (χ0) is 22.1. The molecule has 2 heterocycles. The third-order valence-corrected chi connectivity index (χ3v) is 4.49. The van der Waals surface area contributed by atoms with Crippen LogP contribution < -0.4 is 4.90 Å². The molecule has 0 bridgehead atoms. The molecule has 158 valence electrons. The summed E-state index contributed by atoms with van der Waals surface area (Å²) in [6.07, 6.45) is 2.60. The van der Waals surface area contributed by atoms with Crippen LogP contribution in [0.1, 0.15) is 43.6 Å². The summed E-state index contributed by atoms with van der Waals surface area (Å²) in [6, 6.07) is 6.46. The molecule has 2 aromatic heterocycles. The van der Waals surface area contributed by atoms with E-state index in [-0.39, 0.29) is 11.8 Å². The summed E-state index contributed by atoms with van der Waals surface area (Å²) in [6.45, 7) is 9.11. The monoisotopic (exact) mass is 430 g/mol. The predicted molar refractivity (Wildman–Crippen MR) is 114 cm³/mol. The fourth-order valence-corrected chi connectivity index (χ4v) is 3.02. The molecule has 9 heteroatoms. The van der Waals surface area contributed by atoms with Crippen LogP contribution in [0.3, 0.4) is 0 Å². The number of anilines is 2. The van der Waals surface area contributed by atoms with Crippen LogP contribution in [-0.2, 0) is 9.47 Å². The molecule has 30 heavy (non-hydrogen) atoms. The summed E-state index contributed by atoms with van der Waals surface area (Å²) in [5.74, 6) is -0.438. The average molecular weight is 431 g/mol. The van der Waals surface area contributed by atoms with Gasteiger partial charge in [-0.25, -0.2) is 24.0 Å². The summed E-state index contributed by atoms with van der Waals surface area (Å²) in [5.41, 5.74) is 1.58. The van der Waals surface area contributed by atoms with E-state index >= 15 is 0 Å². The Hall–Kier alpha value is -3.13. The number of hydrogen-bond acceptors (Lipinski definition) is 6. The van der Waals surface area contributed by atoms with E-state index in [2.05, 4.69) is 10.1 Å². The Morgan fingerprint density at radius 3 is 2.47 bits per heavy atom. The number of imidazole rings is 1. The van der Waals surface area contributed by atoms with Crippen molar-refractivity contribution in [3.63, 3.8) is 0 Å². The van der Waals surface area contributed by atoms with Gasteiger partial charge in [-0.05, 0) is 58.9 Å². The van der Waals surface area contributed by atoms with E-state index in [1.807, 2.05) is 0 Å². The van der Waals surface area contributed by atoms with Crippen LogP contribution in [-0.4, -0.2) is 38.9 Å². The number of hydrogen-bond donors (Lipinski definition) is 0. The summed E-state index contributed by atoms with van der Waals surface area (Å²) in [4.78, 5) is 30.9. The molecule has 1 amide bonds. The Morgan fingerprint density at radius 2 is 1.87 bits per heavy atom. The second-order valence-corrected chi connectivity index (χ2v) is 7.90. The standard InChI is InChI=1S/C21H23ClN4O4/c1-6-29-19(27)14-7-9-15(10-8-14)26(20(28)30-21(3,4)5)16-13(2)17(22)24-25-12-11-23-18(16)25/h7-12H,6H2,1-5H3. The van der Waals surface area contributed by atoms with E-state index < -0.39 is 17.7 Å². The van der Waals surface area contributed by atoms with Gasteiger partial charge in [0.15, 0.2) is 10.8 Å². The minimum atomic E-state index is -0.726. The van der Waals surface area contributed by atoms with E-state index in [0.717, 1.165) is 0 Å². The van der Waals surface area contributed by atoms with Crippen LogP contribution in [0.15, 0.2) is 36.7 Å². The van der Waals surface area contributed by atoms with Crippen molar-refractivity contribution >= 4 is 40.7 Å². The second-order valence-electron chi connectivity index (χ2n) is 7.54. The van der Waals surface area contributed by atoms with Gasteiger partial charge in [0.25, 0.3) is 0 Å². The number of carbonyl (C=O) groups is 2. The maximum Gasteiger partial charge on any atom is 0.419 e. The highest BCUT2D eigenvalue weighted by molar-refractivity contribution is 6.30. The van der Waals surface area contributed by atoms with E-state index in [1.165, 1.54) is 9.42 Å². The first kappa shape index (κ1) is 21.6. The lowest BCUT2D eigenvalue weighted by Crippen LogP contribution is -2.34. The zero-order valence-corrected chi connectivity index (χ0v) is 18.2. The summed E-state index contributed by atoms with van der Waals surface area (Å²) in [5, 5.41) is 4.47. The maximum absolute atomic E-state index is 13.2. The molecule has 0 unspecified atom stereocenters. The van der Waals surface area contributed by atoms with Crippen molar-refractivity contribution in [2.75, 3.05) is 11.5 Å². The maximum atomic E-state index is 13.2. The van der Waals surface area contributed by atoms with Crippen LogP contribution >= 0.6 is 11.6 Å². The van der Waals surface area contributed by atoms with E-state index in [1.54, 1.807) is 71.3 Å². The van der Waals surface area contributed by atoms with Gasteiger partial charge in [0.2, 0.25) is 0 Å².